The SMILES string of the molecule is O=C(NCCCCCN1CCOCC1)c1cccc(-c2ccccc2O)c1. The number of morpholine rings is 1. The molecule has 0 radical (unpaired) electrons. The van der Waals surface area contributed by atoms with Gasteiger partial charge in [-0.2, -0.15) is 0 Å². The molecule has 1 aliphatic rings. The van der Waals surface area contributed by atoms with E-state index in [1.54, 1.807) is 18.2 Å². The van der Waals surface area contributed by atoms with Gasteiger partial charge in [-0.1, -0.05) is 36.8 Å². The molecule has 144 valence electrons. The van der Waals surface area contributed by atoms with Crippen LogP contribution in [-0.4, -0.2) is 55.3 Å². The number of aromatic hydroxyl groups is 1. The Balaban J connectivity index is 1.42. The number of nitrogens with zero attached hydrogens (tertiary/aromatic N) is 1. The molecule has 2 aromatic rings. The second-order valence-corrected chi connectivity index (χ2v) is 6.87. The van der Waals surface area contributed by atoms with E-state index in [1.165, 1.54) is 0 Å². The van der Waals surface area contributed by atoms with Crippen LogP contribution in [0.5, 0.6) is 5.75 Å². The number of hydrogen-bond donors (Lipinski definition) is 2. The molecule has 0 bridgehead atoms. The molecule has 2 aromatic carbocycles. The van der Waals surface area contributed by atoms with Crippen LogP contribution >= 0.6 is 0 Å². The highest BCUT2D eigenvalue weighted by Gasteiger charge is 2.10. The van der Waals surface area contributed by atoms with Crippen LogP contribution in [0.25, 0.3) is 11.1 Å². The zero-order chi connectivity index (χ0) is 18.9. The number of para-hydroxylation sites is 1. The second-order valence-electron chi connectivity index (χ2n) is 6.87. The molecule has 1 saturated heterocycles. The first-order valence-corrected chi connectivity index (χ1v) is 9.71. The van der Waals surface area contributed by atoms with Crippen molar-refractivity contribution in [2.24, 2.45) is 0 Å². The summed E-state index contributed by atoms with van der Waals surface area (Å²) in [5.41, 5.74) is 2.19. The second kappa shape index (κ2) is 10.1. The van der Waals surface area contributed by atoms with Crippen molar-refractivity contribution in [3.63, 3.8) is 0 Å². The fourth-order valence-electron chi connectivity index (χ4n) is 3.31. The smallest absolute Gasteiger partial charge is 0.251 e. The van der Waals surface area contributed by atoms with E-state index in [0.717, 1.165) is 63.2 Å². The fourth-order valence-corrected chi connectivity index (χ4v) is 3.31. The molecular formula is C22H28N2O3. The lowest BCUT2D eigenvalue weighted by atomic mass is 10.0. The van der Waals surface area contributed by atoms with E-state index >= 15 is 0 Å². The first-order valence-electron chi connectivity index (χ1n) is 9.71. The minimum Gasteiger partial charge on any atom is -0.507 e. The lowest BCUT2D eigenvalue weighted by Gasteiger charge is -2.26. The molecule has 5 nitrogen and oxygen atoms in total. The van der Waals surface area contributed by atoms with Crippen molar-refractivity contribution in [1.29, 1.82) is 0 Å². The van der Waals surface area contributed by atoms with Crippen molar-refractivity contribution < 1.29 is 14.6 Å². The summed E-state index contributed by atoms with van der Waals surface area (Å²) in [5, 5.41) is 13.0. The van der Waals surface area contributed by atoms with Crippen LogP contribution in [0.1, 0.15) is 29.6 Å². The Morgan fingerprint density at radius 2 is 1.85 bits per heavy atom. The third-order valence-corrected chi connectivity index (χ3v) is 4.88. The summed E-state index contributed by atoms with van der Waals surface area (Å²) in [5.74, 6) is 0.149. The van der Waals surface area contributed by atoms with Gasteiger partial charge in [-0.05, 0) is 43.1 Å². The number of unbranched alkanes of at least 4 members (excludes halogenated alkanes) is 2. The van der Waals surface area contributed by atoms with E-state index in [4.69, 9.17) is 4.74 Å². The number of amides is 1. The summed E-state index contributed by atoms with van der Waals surface area (Å²) < 4.78 is 5.35. The van der Waals surface area contributed by atoms with E-state index in [1.807, 2.05) is 30.3 Å². The number of nitrogens with one attached hydrogen (secondary N) is 1. The van der Waals surface area contributed by atoms with E-state index in [-0.39, 0.29) is 11.7 Å². The van der Waals surface area contributed by atoms with Gasteiger partial charge in [0.05, 0.1) is 13.2 Å². The Morgan fingerprint density at radius 1 is 1.04 bits per heavy atom. The van der Waals surface area contributed by atoms with Crippen LogP contribution in [0.15, 0.2) is 48.5 Å². The van der Waals surface area contributed by atoms with Gasteiger partial charge >= 0.3 is 0 Å². The number of hydrogen-bond acceptors (Lipinski definition) is 4. The molecule has 27 heavy (non-hydrogen) atoms. The van der Waals surface area contributed by atoms with Gasteiger partial charge < -0.3 is 15.2 Å². The molecule has 1 amide bonds. The number of rotatable bonds is 8. The molecule has 5 heteroatoms. The van der Waals surface area contributed by atoms with Gasteiger partial charge in [0.25, 0.3) is 5.91 Å². The highest BCUT2D eigenvalue weighted by atomic mass is 16.5. The summed E-state index contributed by atoms with van der Waals surface area (Å²) in [6, 6.07) is 14.5. The summed E-state index contributed by atoms with van der Waals surface area (Å²) in [4.78, 5) is 14.8. The van der Waals surface area contributed by atoms with Gasteiger partial charge in [-0.15, -0.1) is 0 Å². The van der Waals surface area contributed by atoms with Gasteiger partial charge in [0.1, 0.15) is 5.75 Å². The van der Waals surface area contributed by atoms with Crippen LogP contribution in [0.3, 0.4) is 0 Å². The topological polar surface area (TPSA) is 61.8 Å². The number of carbonyl (C=O) groups is 1. The maximum absolute atomic E-state index is 12.4. The number of phenols is 1. The summed E-state index contributed by atoms with van der Waals surface area (Å²) in [7, 11) is 0. The minimum atomic E-state index is -0.0690. The normalized spacial score (nSPS) is 14.8. The van der Waals surface area contributed by atoms with Crippen LogP contribution in [0.4, 0.5) is 0 Å². The first kappa shape index (κ1) is 19.4. The molecule has 0 spiro atoms. The van der Waals surface area contributed by atoms with Gasteiger partial charge in [-0.3, -0.25) is 9.69 Å². The van der Waals surface area contributed by atoms with E-state index in [2.05, 4.69) is 10.2 Å². The largest absolute Gasteiger partial charge is 0.507 e. The number of phenolic OH excluding ortho intramolecular Hbond substituents is 1. The highest BCUT2D eigenvalue weighted by molar-refractivity contribution is 5.95. The Kier molecular flexibility index (Phi) is 7.25. The average molecular weight is 368 g/mol. The molecule has 3 rings (SSSR count). The third kappa shape index (κ3) is 5.81. The zero-order valence-corrected chi connectivity index (χ0v) is 15.7. The van der Waals surface area contributed by atoms with Crippen molar-refractivity contribution in [2.75, 3.05) is 39.4 Å². The predicted molar refractivity (Wildman–Crippen MR) is 107 cm³/mol. The summed E-state index contributed by atoms with van der Waals surface area (Å²) in [6.45, 7) is 5.54. The van der Waals surface area contributed by atoms with Gasteiger partial charge in [0.2, 0.25) is 0 Å². The number of benzene rings is 2. The molecule has 0 aliphatic carbocycles. The maximum atomic E-state index is 12.4. The zero-order valence-electron chi connectivity index (χ0n) is 15.7. The highest BCUT2D eigenvalue weighted by Crippen LogP contribution is 2.28. The molecule has 0 atom stereocenters. The molecule has 0 unspecified atom stereocenters. The third-order valence-electron chi connectivity index (χ3n) is 4.88. The Hall–Kier alpha value is -2.37. The van der Waals surface area contributed by atoms with Gasteiger partial charge in [0.15, 0.2) is 0 Å². The Labute approximate surface area is 161 Å². The van der Waals surface area contributed by atoms with E-state index < -0.39 is 0 Å². The van der Waals surface area contributed by atoms with Crippen molar-refractivity contribution in [3.8, 4) is 16.9 Å². The quantitative estimate of drug-likeness (QED) is 0.702. The predicted octanol–water partition coefficient (Wildman–Crippen LogP) is 3.29. The van der Waals surface area contributed by atoms with Gasteiger partial charge in [0, 0.05) is 30.8 Å². The summed E-state index contributed by atoms with van der Waals surface area (Å²) >= 11 is 0. The number of carbonyl (C=O) groups excluding carboxylic acids is 1. The lowest BCUT2D eigenvalue weighted by molar-refractivity contribution is 0.0371. The molecule has 0 saturated carbocycles. The van der Waals surface area contributed by atoms with E-state index in [9.17, 15) is 9.90 Å². The van der Waals surface area contributed by atoms with Crippen molar-refractivity contribution in [2.45, 2.75) is 19.3 Å². The summed E-state index contributed by atoms with van der Waals surface area (Å²) in [6.07, 6.45) is 3.24. The Bertz CT molecular complexity index is 742. The van der Waals surface area contributed by atoms with Gasteiger partial charge in [-0.25, -0.2) is 0 Å². The van der Waals surface area contributed by atoms with Crippen molar-refractivity contribution in [3.05, 3.63) is 54.1 Å². The monoisotopic (exact) mass is 368 g/mol. The van der Waals surface area contributed by atoms with E-state index in [0.29, 0.717) is 12.1 Å². The standard InChI is InChI=1S/C22H28N2O3/c25-21-10-3-2-9-20(21)18-7-6-8-19(17-18)22(26)23-11-4-1-5-12-24-13-15-27-16-14-24/h2-3,6-10,17,25H,1,4-5,11-16H2,(H,23,26). The maximum Gasteiger partial charge on any atom is 0.251 e. The van der Waals surface area contributed by atoms with Crippen LogP contribution in [0, 0.1) is 0 Å². The molecule has 0 aromatic heterocycles. The van der Waals surface area contributed by atoms with Crippen molar-refractivity contribution in [1.82, 2.24) is 10.2 Å². The average Bonchev–Trinajstić information content (AvgIpc) is 2.71. The molecule has 2 N–H and O–H groups in total. The fraction of sp³-hybridized carbons (Fsp3) is 0.409. The molecule has 1 heterocycles. The molecular weight excluding hydrogens is 340 g/mol. The number of ether oxygens (including phenoxy) is 1. The molecule has 1 fully saturated rings. The Morgan fingerprint density at radius 3 is 2.67 bits per heavy atom. The lowest BCUT2D eigenvalue weighted by Crippen LogP contribution is -2.36. The minimum absolute atomic E-state index is 0.0690. The molecule has 1 aliphatic heterocycles. The van der Waals surface area contributed by atoms with Crippen LogP contribution < -0.4 is 5.32 Å². The van der Waals surface area contributed by atoms with Crippen LogP contribution in [0.2, 0.25) is 0 Å². The van der Waals surface area contributed by atoms with Crippen LogP contribution in [-0.2, 0) is 4.74 Å². The van der Waals surface area contributed by atoms with Crippen molar-refractivity contribution >= 4 is 5.91 Å². The first-order chi connectivity index (χ1) is 13.2.